The van der Waals surface area contributed by atoms with Crippen molar-refractivity contribution >= 4 is 18.6 Å². The smallest absolute Gasteiger partial charge is 0.416 e. The van der Waals surface area contributed by atoms with Gasteiger partial charge >= 0.3 is 6.18 Å². The Labute approximate surface area is 132 Å². The van der Waals surface area contributed by atoms with Gasteiger partial charge in [-0.15, -0.1) is 15.3 Å². The molecule has 10 heteroatoms. The van der Waals surface area contributed by atoms with E-state index in [1.807, 2.05) is 0 Å². The van der Waals surface area contributed by atoms with Crippen molar-refractivity contribution in [2.45, 2.75) is 6.18 Å². The van der Waals surface area contributed by atoms with Gasteiger partial charge in [0.2, 0.25) is 12.3 Å². The van der Waals surface area contributed by atoms with Crippen LogP contribution in [0, 0.1) is 0 Å². The standard InChI is InChI=1S/C14H8F3N5O2/c15-14(16,17)11-4-9(6-23)3-10(5-11)13-18-7-22(21-13)2-1-12-20-19-8-24-12/h1-8H/b2-1-. The second-order valence-electron chi connectivity index (χ2n) is 4.60. The summed E-state index contributed by atoms with van der Waals surface area (Å²) in [6.45, 7) is 0. The molecule has 0 aliphatic heterocycles. The van der Waals surface area contributed by atoms with E-state index in [0.29, 0.717) is 6.29 Å². The number of carbonyl (C=O) groups is 1. The van der Waals surface area contributed by atoms with Gasteiger partial charge in [-0.3, -0.25) is 4.79 Å². The molecular formula is C14H8F3N5O2. The number of nitrogens with zero attached hydrogens (tertiary/aromatic N) is 5. The second kappa shape index (κ2) is 6.07. The van der Waals surface area contributed by atoms with Crippen molar-refractivity contribution in [1.29, 1.82) is 0 Å². The highest BCUT2D eigenvalue weighted by Crippen LogP contribution is 2.32. The largest absolute Gasteiger partial charge is 0.424 e. The minimum absolute atomic E-state index is 0.0411. The van der Waals surface area contributed by atoms with Gasteiger partial charge in [0.05, 0.1) is 5.56 Å². The zero-order valence-electron chi connectivity index (χ0n) is 11.8. The van der Waals surface area contributed by atoms with Crippen LogP contribution in [-0.4, -0.2) is 31.2 Å². The molecule has 2 aromatic heterocycles. The third kappa shape index (κ3) is 3.37. The Balaban J connectivity index is 1.93. The van der Waals surface area contributed by atoms with Gasteiger partial charge in [0, 0.05) is 23.4 Å². The Morgan fingerprint density at radius 3 is 2.71 bits per heavy atom. The molecule has 0 saturated carbocycles. The predicted octanol–water partition coefficient (Wildman–Crippen LogP) is 2.79. The maximum Gasteiger partial charge on any atom is 0.416 e. The molecule has 1 aromatic carbocycles. The molecule has 2 heterocycles. The normalized spacial score (nSPS) is 12.0. The zero-order chi connectivity index (χ0) is 17.2. The summed E-state index contributed by atoms with van der Waals surface area (Å²) in [5, 5.41) is 11.1. The van der Waals surface area contributed by atoms with Crippen LogP contribution < -0.4 is 0 Å². The van der Waals surface area contributed by atoms with Gasteiger partial charge in [0.25, 0.3) is 0 Å². The highest BCUT2D eigenvalue weighted by atomic mass is 19.4. The molecule has 0 unspecified atom stereocenters. The van der Waals surface area contributed by atoms with Crippen LogP contribution >= 0.6 is 0 Å². The predicted molar refractivity (Wildman–Crippen MR) is 75.4 cm³/mol. The fourth-order valence-corrected chi connectivity index (χ4v) is 1.89. The van der Waals surface area contributed by atoms with E-state index in [1.54, 1.807) is 0 Å². The minimum atomic E-state index is -4.58. The summed E-state index contributed by atoms with van der Waals surface area (Å²) in [5.41, 5.74) is -0.978. The summed E-state index contributed by atoms with van der Waals surface area (Å²) in [4.78, 5) is 14.8. The van der Waals surface area contributed by atoms with Crippen LogP contribution in [-0.2, 0) is 6.18 Å². The van der Waals surface area contributed by atoms with E-state index in [-0.39, 0.29) is 22.8 Å². The van der Waals surface area contributed by atoms with E-state index in [0.717, 1.165) is 18.5 Å². The summed E-state index contributed by atoms with van der Waals surface area (Å²) in [6.07, 6.45) is 1.10. The molecule has 0 radical (unpaired) electrons. The lowest BCUT2D eigenvalue weighted by Gasteiger charge is -2.08. The Bertz CT molecular complexity index is 884. The Morgan fingerprint density at radius 2 is 2.04 bits per heavy atom. The van der Waals surface area contributed by atoms with Gasteiger partial charge in [-0.05, 0) is 18.2 Å². The topological polar surface area (TPSA) is 86.7 Å². The van der Waals surface area contributed by atoms with Crippen molar-refractivity contribution < 1.29 is 22.4 Å². The number of carbonyl (C=O) groups excluding carboxylic acids is 1. The first-order valence-corrected chi connectivity index (χ1v) is 6.49. The van der Waals surface area contributed by atoms with E-state index in [2.05, 4.69) is 20.3 Å². The number of aromatic nitrogens is 5. The molecule has 24 heavy (non-hydrogen) atoms. The average Bonchev–Trinajstić information content (AvgIpc) is 3.23. The monoisotopic (exact) mass is 335 g/mol. The molecule has 0 bridgehead atoms. The minimum Gasteiger partial charge on any atom is -0.424 e. The van der Waals surface area contributed by atoms with Gasteiger partial charge in [0.1, 0.15) is 12.6 Å². The van der Waals surface area contributed by atoms with Crippen molar-refractivity contribution in [2.75, 3.05) is 0 Å². The van der Waals surface area contributed by atoms with Crippen molar-refractivity contribution in [3.05, 3.63) is 47.9 Å². The first-order valence-electron chi connectivity index (χ1n) is 6.49. The molecule has 0 N–H and O–H groups in total. The van der Waals surface area contributed by atoms with Crippen LogP contribution in [0.3, 0.4) is 0 Å². The Kier molecular flexibility index (Phi) is 3.94. The third-order valence-electron chi connectivity index (χ3n) is 2.93. The van der Waals surface area contributed by atoms with E-state index in [1.165, 1.54) is 29.4 Å². The molecule has 0 atom stereocenters. The number of halogens is 3. The molecule has 7 nitrogen and oxygen atoms in total. The van der Waals surface area contributed by atoms with Gasteiger partial charge < -0.3 is 4.42 Å². The fraction of sp³-hybridized carbons (Fsp3) is 0.0714. The highest BCUT2D eigenvalue weighted by molar-refractivity contribution is 5.78. The van der Waals surface area contributed by atoms with Gasteiger partial charge in [-0.2, -0.15) is 13.2 Å². The summed E-state index contributed by atoms with van der Waals surface area (Å²) in [5.74, 6) is 0.272. The summed E-state index contributed by atoms with van der Waals surface area (Å²) in [7, 11) is 0. The maximum atomic E-state index is 12.9. The van der Waals surface area contributed by atoms with E-state index in [9.17, 15) is 18.0 Å². The molecule has 0 aliphatic rings. The SMILES string of the molecule is O=Cc1cc(-c2ncn(/C=C\c3nnco3)n2)cc(C(F)(F)F)c1. The quantitative estimate of drug-likeness (QED) is 0.682. The van der Waals surface area contributed by atoms with E-state index in [4.69, 9.17) is 4.42 Å². The van der Waals surface area contributed by atoms with Crippen LogP contribution in [0.15, 0.2) is 35.3 Å². The number of aldehydes is 1. The number of hydrogen-bond donors (Lipinski definition) is 0. The van der Waals surface area contributed by atoms with Crippen LogP contribution in [0.4, 0.5) is 13.2 Å². The van der Waals surface area contributed by atoms with E-state index < -0.39 is 11.7 Å². The third-order valence-corrected chi connectivity index (χ3v) is 2.93. The number of rotatable bonds is 4. The van der Waals surface area contributed by atoms with Crippen LogP contribution in [0.2, 0.25) is 0 Å². The van der Waals surface area contributed by atoms with Crippen molar-refractivity contribution in [3.8, 4) is 11.4 Å². The second-order valence-corrected chi connectivity index (χ2v) is 4.60. The van der Waals surface area contributed by atoms with Crippen molar-refractivity contribution in [1.82, 2.24) is 25.0 Å². The van der Waals surface area contributed by atoms with Crippen LogP contribution in [0.5, 0.6) is 0 Å². The summed E-state index contributed by atoms with van der Waals surface area (Å²) >= 11 is 0. The molecule has 0 saturated heterocycles. The van der Waals surface area contributed by atoms with Crippen molar-refractivity contribution in [3.63, 3.8) is 0 Å². The molecular weight excluding hydrogens is 327 g/mol. The molecule has 3 rings (SSSR count). The molecule has 122 valence electrons. The Hall–Kier alpha value is -3.30. The van der Waals surface area contributed by atoms with Crippen molar-refractivity contribution in [2.24, 2.45) is 0 Å². The van der Waals surface area contributed by atoms with Crippen LogP contribution in [0.25, 0.3) is 23.7 Å². The maximum absolute atomic E-state index is 12.9. The Morgan fingerprint density at radius 1 is 1.21 bits per heavy atom. The van der Waals surface area contributed by atoms with Gasteiger partial charge in [-0.25, -0.2) is 9.67 Å². The average molecular weight is 335 g/mol. The fourth-order valence-electron chi connectivity index (χ4n) is 1.89. The van der Waals surface area contributed by atoms with Gasteiger partial charge in [-0.1, -0.05) is 0 Å². The lowest BCUT2D eigenvalue weighted by molar-refractivity contribution is -0.137. The molecule has 0 fully saturated rings. The lowest BCUT2D eigenvalue weighted by atomic mass is 10.1. The van der Waals surface area contributed by atoms with Gasteiger partial charge in [0.15, 0.2) is 5.82 Å². The first kappa shape index (κ1) is 15.6. The highest BCUT2D eigenvalue weighted by Gasteiger charge is 2.31. The van der Waals surface area contributed by atoms with Crippen LogP contribution in [0.1, 0.15) is 21.8 Å². The summed E-state index contributed by atoms with van der Waals surface area (Å²) in [6, 6.07) is 2.93. The lowest BCUT2D eigenvalue weighted by Crippen LogP contribution is -2.06. The zero-order valence-corrected chi connectivity index (χ0v) is 11.8. The first-order chi connectivity index (χ1) is 11.5. The summed E-state index contributed by atoms with van der Waals surface area (Å²) < 4.78 is 44.8. The molecule has 0 amide bonds. The number of benzene rings is 1. The van der Waals surface area contributed by atoms with E-state index >= 15 is 0 Å². The number of alkyl halides is 3. The number of hydrogen-bond acceptors (Lipinski definition) is 6. The molecule has 3 aromatic rings. The molecule has 0 spiro atoms. The molecule has 0 aliphatic carbocycles.